The minimum Gasteiger partial charge on any atom is -0.252 e. The molecule has 0 radical (unpaired) electrons. The molecule has 0 saturated carbocycles. The van der Waals surface area contributed by atoms with Crippen molar-refractivity contribution in [1.29, 1.82) is 5.26 Å². The SMILES string of the molecule is CC/C(C#N)=C(\Cl)c1cncs1. The van der Waals surface area contributed by atoms with E-state index in [9.17, 15) is 0 Å². The first-order chi connectivity index (χ1) is 5.79. The molecule has 0 unspecified atom stereocenters. The van der Waals surface area contributed by atoms with Gasteiger partial charge < -0.3 is 0 Å². The van der Waals surface area contributed by atoms with Gasteiger partial charge in [-0.1, -0.05) is 18.5 Å². The van der Waals surface area contributed by atoms with Crippen LogP contribution in [0.4, 0.5) is 0 Å². The maximum atomic E-state index is 8.69. The van der Waals surface area contributed by atoms with Gasteiger partial charge >= 0.3 is 0 Å². The molecule has 1 heterocycles. The molecule has 0 spiro atoms. The van der Waals surface area contributed by atoms with E-state index in [4.69, 9.17) is 16.9 Å². The predicted molar refractivity (Wildman–Crippen MR) is 50.8 cm³/mol. The van der Waals surface area contributed by atoms with Crippen LogP contribution in [0.25, 0.3) is 5.03 Å². The number of aromatic nitrogens is 1. The smallest absolute Gasteiger partial charge is 0.0963 e. The van der Waals surface area contributed by atoms with E-state index in [0.717, 1.165) is 4.88 Å². The first-order valence-electron chi connectivity index (χ1n) is 3.47. The van der Waals surface area contributed by atoms with Crippen LogP contribution >= 0.6 is 22.9 Å². The van der Waals surface area contributed by atoms with Crippen LogP contribution in [-0.4, -0.2) is 4.98 Å². The molecule has 0 N–H and O–H groups in total. The van der Waals surface area contributed by atoms with E-state index in [-0.39, 0.29) is 0 Å². The van der Waals surface area contributed by atoms with Crippen LogP contribution in [0.15, 0.2) is 17.3 Å². The lowest BCUT2D eigenvalue weighted by atomic mass is 10.2. The predicted octanol–water partition coefficient (Wildman–Crippen LogP) is 3.03. The van der Waals surface area contributed by atoms with E-state index in [2.05, 4.69) is 11.1 Å². The highest BCUT2D eigenvalue weighted by Gasteiger charge is 2.05. The standard InChI is InChI=1S/C8H7ClN2S/c1-2-6(3-10)8(9)7-4-11-5-12-7/h4-5H,2H2,1H3/b8-6+. The Hall–Kier alpha value is -0.850. The molecule has 0 aromatic carbocycles. The van der Waals surface area contributed by atoms with Gasteiger partial charge in [-0.15, -0.1) is 11.3 Å². The first kappa shape index (κ1) is 9.24. The summed E-state index contributed by atoms with van der Waals surface area (Å²) in [6, 6.07) is 2.07. The van der Waals surface area contributed by atoms with Crippen molar-refractivity contribution in [3.63, 3.8) is 0 Å². The van der Waals surface area contributed by atoms with Crippen molar-refractivity contribution < 1.29 is 0 Å². The van der Waals surface area contributed by atoms with Gasteiger partial charge in [0.1, 0.15) is 0 Å². The zero-order valence-corrected chi connectivity index (χ0v) is 8.11. The minimum absolute atomic E-state index is 0.530. The summed E-state index contributed by atoms with van der Waals surface area (Å²) >= 11 is 7.38. The fourth-order valence-electron chi connectivity index (χ4n) is 0.756. The van der Waals surface area contributed by atoms with Gasteiger partial charge in [0, 0.05) is 11.8 Å². The number of rotatable bonds is 2. The molecule has 12 heavy (non-hydrogen) atoms. The van der Waals surface area contributed by atoms with E-state index in [1.165, 1.54) is 11.3 Å². The summed E-state index contributed by atoms with van der Waals surface area (Å²) in [4.78, 5) is 4.74. The number of halogens is 1. The van der Waals surface area contributed by atoms with Crippen molar-refractivity contribution in [2.24, 2.45) is 0 Å². The van der Waals surface area contributed by atoms with Crippen LogP contribution in [0.5, 0.6) is 0 Å². The Morgan fingerprint density at radius 1 is 1.83 bits per heavy atom. The third-order valence-electron chi connectivity index (χ3n) is 1.40. The molecule has 4 heteroatoms. The van der Waals surface area contributed by atoms with Gasteiger partial charge in [0.15, 0.2) is 0 Å². The Balaban J connectivity index is 3.05. The first-order valence-corrected chi connectivity index (χ1v) is 4.73. The summed E-state index contributed by atoms with van der Waals surface area (Å²) in [7, 11) is 0. The fourth-order valence-corrected chi connectivity index (χ4v) is 1.70. The lowest BCUT2D eigenvalue weighted by Crippen LogP contribution is -1.79. The van der Waals surface area contributed by atoms with Crippen LogP contribution in [0.2, 0.25) is 0 Å². The lowest BCUT2D eigenvalue weighted by Gasteiger charge is -1.95. The number of allylic oxidation sites excluding steroid dienone is 1. The van der Waals surface area contributed by atoms with Crippen molar-refractivity contribution in [1.82, 2.24) is 4.98 Å². The van der Waals surface area contributed by atoms with Gasteiger partial charge in [-0.2, -0.15) is 5.26 Å². The normalized spacial score (nSPS) is 12.1. The van der Waals surface area contributed by atoms with Crippen molar-refractivity contribution >= 4 is 28.0 Å². The molecule has 62 valence electrons. The average molecular weight is 199 g/mol. The zero-order valence-electron chi connectivity index (χ0n) is 6.54. The number of nitrogens with zero attached hydrogens (tertiary/aromatic N) is 2. The molecule has 0 aliphatic rings. The van der Waals surface area contributed by atoms with E-state index in [1.54, 1.807) is 11.7 Å². The summed E-state index contributed by atoms with van der Waals surface area (Å²) in [5.41, 5.74) is 2.31. The van der Waals surface area contributed by atoms with E-state index < -0.39 is 0 Å². The van der Waals surface area contributed by atoms with Crippen molar-refractivity contribution in [3.05, 3.63) is 22.2 Å². The lowest BCUT2D eigenvalue weighted by molar-refractivity contribution is 1.16. The van der Waals surface area contributed by atoms with E-state index in [1.807, 2.05) is 6.92 Å². The van der Waals surface area contributed by atoms with Gasteiger partial charge in [-0.05, 0) is 6.42 Å². The second-order valence-electron chi connectivity index (χ2n) is 2.12. The van der Waals surface area contributed by atoms with Gasteiger partial charge in [0.05, 0.1) is 21.5 Å². The Bertz CT molecular complexity index is 321. The Morgan fingerprint density at radius 3 is 3.00 bits per heavy atom. The molecule has 1 rings (SSSR count). The second-order valence-corrected chi connectivity index (χ2v) is 3.39. The summed E-state index contributed by atoms with van der Waals surface area (Å²) < 4.78 is 0. The summed E-state index contributed by atoms with van der Waals surface area (Å²) in [6.45, 7) is 1.90. The number of hydrogen-bond donors (Lipinski definition) is 0. The quantitative estimate of drug-likeness (QED) is 0.685. The highest BCUT2D eigenvalue weighted by Crippen LogP contribution is 2.26. The van der Waals surface area contributed by atoms with E-state index >= 15 is 0 Å². The molecule has 0 aliphatic heterocycles. The van der Waals surface area contributed by atoms with Gasteiger partial charge in [-0.25, -0.2) is 0 Å². The second kappa shape index (κ2) is 4.24. The monoisotopic (exact) mass is 198 g/mol. The molecule has 0 bridgehead atoms. The Morgan fingerprint density at radius 2 is 2.58 bits per heavy atom. The highest BCUT2D eigenvalue weighted by atomic mass is 35.5. The average Bonchev–Trinajstić information content (AvgIpc) is 2.58. The van der Waals surface area contributed by atoms with Crippen LogP contribution in [-0.2, 0) is 0 Å². The van der Waals surface area contributed by atoms with Crippen LogP contribution in [0.1, 0.15) is 18.2 Å². The van der Waals surface area contributed by atoms with E-state index in [0.29, 0.717) is 17.0 Å². The third kappa shape index (κ3) is 1.84. The molecular weight excluding hydrogens is 192 g/mol. The van der Waals surface area contributed by atoms with Crippen molar-refractivity contribution in [3.8, 4) is 6.07 Å². The molecule has 2 nitrogen and oxygen atoms in total. The van der Waals surface area contributed by atoms with Crippen LogP contribution < -0.4 is 0 Å². The number of hydrogen-bond acceptors (Lipinski definition) is 3. The van der Waals surface area contributed by atoms with Crippen LogP contribution in [0.3, 0.4) is 0 Å². The summed E-state index contributed by atoms with van der Waals surface area (Å²) in [5.74, 6) is 0. The van der Waals surface area contributed by atoms with Crippen LogP contribution in [0, 0.1) is 11.3 Å². The molecule has 1 aromatic rings. The molecule has 0 fully saturated rings. The molecule has 0 atom stereocenters. The van der Waals surface area contributed by atoms with Gasteiger partial charge in [0.25, 0.3) is 0 Å². The summed E-state index contributed by atoms with van der Waals surface area (Å²) in [5, 5.41) is 9.22. The highest BCUT2D eigenvalue weighted by molar-refractivity contribution is 7.11. The molecule has 0 saturated heterocycles. The fraction of sp³-hybridized carbons (Fsp3) is 0.250. The third-order valence-corrected chi connectivity index (χ3v) is 2.74. The van der Waals surface area contributed by atoms with Crippen molar-refractivity contribution in [2.45, 2.75) is 13.3 Å². The zero-order chi connectivity index (χ0) is 8.97. The maximum Gasteiger partial charge on any atom is 0.0963 e. The molecular formula is C8H7ClN2S. The summed E-state index contributed by atoms with van der Waals surface area (Å²) in [6.07, 6.45) is 2.33. The Kier molecular flexibility index (Phi) is 3.27. The number of thiazole rings is 1. The van der Waals surface area contributed by atoms with Crippen molar-refractivity contribution in [2.75, 3.05) is 0 Å². The van der Waals surface area contributed by atoms with Gasteiger partial charge in [-0.3, -0.25) is 4.98 Å². The molecule has 0 aliphatic carbocycles. The number of nitriles is 1. The van der Waals surface area contributed by atoms with Gasteiger partial charge in [0.2, 0.25) is 0 Å². The molecule has 0 amide bonds. The Labute approximate surface area is 80.1 Å². The topological polar surface area (TPSA) is 36.7 Å². The minimum atomic E-state index is 0.530. The molecule has 1 aromatic heterocycles. The largest absolute Gasteiger partial charge is 0.252 e. The maximum absolute atomic E-state index is 8.69.